The number of rotatable bonds is 0. The van der Waals surface area contributed by atoms with Gasteiger partial charge in [0.25, 0.3) is 0 Å². The van der Waals surface area contributed by atoms with Crippen molar-refractivity contribution in [3.8, 4) is 0 Å². The second-order valence-electron chi connectivity index (χ2n) is 3.04. The number of hydrogen-bond acceptors (Lipinski definition) is 0. The molecule has 0 radical (unpaired) electrons. The first-order chi connectivity index (χ1) is 4.40. The van der Waals surface area contributed by atoms with Gasteiger partial charge in [-0.25, -0.2) is 0 Å². The van der Waals surface area contributed by atoms with Crippen molar-refractivity contribution in [3.05, 3.63) is 12.2 Å². The molecule has 2 rings (SSSR count). The van der Waals surface area contributed by atoms with Gasteiger partial charge < -0.3 is 0 Å². The Hall–Kier alpha value is -0.260. The lowest BCUT2D eigenvalue weighted by atomic mass is 9.96. The van der Waals surface area contributed by atoms with Gasteiger partial charge in [-0.05, 0) is 30.6 Å². The van der Waals surface area contributed by atoms with Gasteiger partial charge in [0.2, 0.25) is 0 Å². The van der Waals surface area contributed by atoms with E-state index in [0.717, 1.165) is 11.8 Å². The average molecular weight is 110 g/mol. The van der Waals surface area contributed by atoms with Crippen LogP contribution in [0, 0.1) is 17.8 Å². The molecule has 0 heterocycles. The van der Waals surface area contributed by atoms with E-state index in [1.165, 1.54) is 12.8 Å². The van der Waals surface area contributed by atoms with E-state index in [9.17, 15) is 0 Å². The molecule has 44 valence electrons. The molecule has 2 aliphatic rings. The third-order valence-corrected chi connectivity index (χ3v) is 2.42. The Balaban J connectivity index is 2.10. The maximum atomic E-state index is 7.22. The number of fused-ring (bicyclic) bond motifs is 2. The van der Waals surface area contributed by atoms with Crippen molar-refractivity contribution in [2.24, 2.45) is 17.8 Å². The molecular weight excluding hydrogens is 96.1 g/mol. The van der Waals surface area contributed by atoms with Crippen LogP contribution in [0.1, 0.15) is 21.1 Å². The molecule has 0 N–H and O–H groups in total. The van der Waals surface area contributed by atoms with Crippen molar-refractivity contribution in [2.75, 3.05) is 0 Å². The molecule has 1 fully saturated rings. The van der Waals surface area contributed by atoms with Crippen LogP contribution in [0.5, 0.6) is 0 Å². The minimum absolute atomic E-state index is 0.644. The first-order valence-corrected chi connectivity index (χ1v) is 3.37. The van der Waals surface area contributed by atoms with E-state index in [4.69, 9.17) is 1.37 Å². The van der Waals surface area contributed by atoms with Crippen LogP contribution in [0.3, 0.4) is 0 Å². The average Bonchev–Trinajstić information content (AvgIpc) is 2.45. The quantitative estimate of drug-likeness (QED) is 0.419. The molecule has 1 saturated carbocycles. The lowest BCUT2D eigenvalue weighted by Gasteiger charge is -2.09. The lowest BCUT2D eigenvalue weighted by molar-refractivity contribution is 0.493. The van der Waals surface area contributed by atoms with Crippen molar-refractivity contribution in [2.45, 2.75) is 19.7 Å². The second-order valence-corrected chi connectivity index (χ2v) is 3.04. The third-order valence-electron chi connectivity index (χ3n) is 2.42. The Labute approximate surface area is 52.0 Å². The molecule has 0 saturated heterocycles. The zero-order valence-corrected chi connectivity index (χ0v) is 5.01. The van der Waals surface area contributed by atoms with Crippen LogP contribution in [0.15, 0.2) is 12.2 Å². The predicted molar refractivity (Wildman–Crippen MR) is 34.5 cm³/mol. The molecule has 0 aromatic rings. The maximum absolute atomic E-state index is 7.22. The SMILES string of the molecule is [3H]CC1CC2C=CC1C2. The summed E-state index contributed by atoms with van der Waals surface area (Å²) in [5.41, 5.74) is 0. The fourth-order valence-corrected chi connectivity index (χ4v) is 1.89. The molecule has 0 aromatic heterocycles. The Morgan fingerprint density at radius 3 is 2.88 bits per heavy atom. The van der Waals surface area contributed by atoms with E-state index in [1.807, 2.05) is 0 Å². The molecule has 0 aromatic carbocycles. The molecule has 0 spiro atoms. The molecule has 0 heteroatoms. The van der Waals surface area contributed by atoms with Gasteiger partial charge in [0, 0.05) is 1.37 Å². The van der Waals surface area contributed by atoms with Crippen molar-refractivity contribution < 1.29 is 1.37 Å². The summed E-state index contributed by atoms with van der Waals surface area (Å²) in [7, 11) is 0. The van der Waals surface area contributed by atoms with Gasteiger partial charge in [0.15, 0.2) is 0 Å². The minimum atomic E-state index is 0.644. The van der Waals surface area contributed by atoms with Crippen molar-refractivity contribution >= 4 is 0 Å². The molecule has 2 aliphatic carbocycles. The van der Waals surface area contributed by atoms with E-state index in [0.29, 0.717) is 12.8 Å². The minimum Gasteiger partial charge on any atom is -0.0851 e. The Kier molecular flexibility index (Phi) is 0.634. The van der Waals surface area contributed by atoms with Crippen LogP contribution >= 0.6 is 0 Å². The monoisotopic (exact) mass is 110 g/mol. The standard InChI is InChI=1S/C8H12/c1-6-4-7-2-3-8(6)5-7/h2-3,6-8H,4-5H2,1H3/i1T. The Morgan fingerprint density at radius 2 is 2.50 bits per heavy atom. The summed E-state index contributed by atoms with van der Waals surface area (Å²) in [5.74, 6) is 2.35. The van der Waals surface area contributed by atoms with Crippen molar-refractivity contribution in [3.63, 3.8) is 0 Å². The highest BCUT2D eigenvalue weighted by Gasteiger charge is 2.32. The van der Waals surface area contributed by atoms with Crippen LogP contribution in [-0.4, -0.2) is 0 Å². The molecule has 0 aliphatic heterocycles. The van der Waals surface area contributed by atoms with Crippen LogP contribution in [0.2, 0.25) is 0 Å². The highest BCUT2D eigenvalue weighted by molar-refractivity contribution is 5.08. The summed E-state index contributed by atoms with van der Waals surface area (Å²) < 4.78 is 7.22. The summed E-state index contributed by atoms with van der Waals surface area (Å²) in [4.78, 5) is 0. The van der Waals surface area contributed by atoms with Gasteiger partial charge in [-0.3, -0.25) is 0 Å². The molecule has 2 bridgehead atoms. The van der Waals surface area contributed by atoms with Crippen LogP contribution in [0.25, 0.3) is 0 Å². The van der Waals surface area contributed by atoms with E-state index < -0.39 is 0 Å². The maximum Gasteiger partial charge on any atom is 0.0233 e. The van der Waals surface area contributed by atoms with Gasteiger partial charge in [0.05, 0.1) is 0 Å². The predicted octanol–water partition coefficient (Wildman–Crippen LogP) is 2.22. The third kappa shape index (κ3) is 0.460. The second kappa shape index (κ2) is 1.37. The Morgan fingerprint density at radius 1 is 1.50 bits per heavy atom. The summed E-state index contributed by atoms with van der Waals surface area (Å²) >= 11 is 0. The van der Waals surface area contributed by atoms with Crippen LogP contribution in [0.4, 0.5) is 0 Å². The molecule has 0 amide bonds. The largest absolute Gasteiger partial charge is 0.0851 e. The zero-order chi connectivity index (χ0) is 6.27. The molecule has 8 heavy (non-hydrogen) atoms. The van der Waals surface area contributed by atoms with Gasteiger partial charge >= 0.3 is 0 Å². The smallest absolute Gasteiger partial charge is 0.0233 e. The Bertz CT molecular complexity index is 140. The molecular formula is C8H12. The molecule has 3 atom stereocenters. The number of hydrogen-bond donors (Lipinski definition) is 0. The topological polar surface area (TPSA) is 0 Å². The molecule has 0 nitrogen and oxygen atoms in total. The van der Waals surface area contributed by atoms with E-state index >= 15 is 0 Å². The van der Waals surface area contributed by atoms with E-state index in [-0.39, 0.29) is 0 Å². The summed E-state index contributed by atoms with van der Waals surface area (Å²) in [6.45, 7) is 0.644. The number of allylic oxidation sites excluding steroid dienone is 2. The fourth-order valence-electron chi connectivity index (χ4n) is 1.89. The summed E-state index contributed by atoms with van der Waals surface area (Å²) in [5, 5.41) is 0. The van der Waals surface area contributed by atoms with Crippen molar-refractivity contribution in [1.29, 1.82) is 0 Å². The van der Waals surface area contributed by atoms with Crippen LogP contribution in [-0.2, 0) is 0 Å². The van der Waals surface area contributed by atoms with Crippen LogP contribution < -0.4 is 0 Å². The van der Waals surface area contributed by atoms with E-state index in [1.54, 1.807) is 0 Å². The first kappa shape index (κ1) is 3.71. The lowest BCUT2D eigenvalue weighted by Crippen LogP contribution is -1.99. The van der Waals surface area contributed by atoms with Crippen molar-refractivity contribution in [1.82, 2.24) is 0 Å². The van der Waals surface area contributed by atoms with Gasteiger partial charge in [-0.1, -0.05) is 19.1 Å². The normalized spacial score (nSPS) is 52.5. The zero-order valence-electron chi connectivity index (χ0n) is 6.01. The fraction of sp³-hybridized carbons (Fsp3) is 0.750. The highest BCUT2D eigenvalue weighted by Crippen LogP contribution is 2.42. The summed E-state index contributed by atoms with van der Waals surface area (Å²) in [6.07, 6.45) is 7.29. The highest BCUT2D eigenvalue weighted by atomic mass is 14.4. The van der Waals surface area contributed by atoms with Gasteiger partial charge in [0.1, 0.15) is 0 Å². The molecule has 3 unspecified atom stereocenters. The van der Waals surface area contributed by atoms with E-state index in [2.05, 4.69) is 12.2 Å². The summed E-state index contributed by atoms with van der Waals surface area (Å²) in [6, 6.07) is 0. The first-order valence-electron chi connectivity index (χ1n) is 4.08. The van der Waals surface area contributed by atoms with Gasteiger partial charge in [-0.2, -0.15) is 0 Å². The van der Waals surface area contributed by atoms with Gasteiger partial charge in [-0.15, -0.1) is 0 Å².